The van der Waals surface area contributed by atoms with Gasteiger partial charge in [0.05, 0.1) is 29.0 Å². The minimum absolute atomic E-state index is 0.0120. The highest BCUT2D eigenvalue weighted by Gasteiger charge is 2.46. The molecule has 6 aromatic rings. The van der Waals surface area contributed by atoms with E-state index in [9.17, 15) is 19.2 Å². The van der Waals surface area contributed by atoms with Gasteiger partial charge in [0, 0.05) is 35.8 Å². The molecular formula is C43H37N8O4+. The highest BCUT2D eigenvalue weighted by atomic mass is 16.2. The number of nitrogens with two attached hydrogens (primary N) is 2. The predicted molar refractivity (Wildman–Crippen MR) is 205 cm³/mol. The number of anilines is 2. The lowest BCUT2D eigenvalue weighted by Gasteiger charge is -2.35. The van der Waals surface area contributed by atoms with Crippen LogP contribution < -0.4 is 26.7 Å². The highest BCUT2D eigenvalue weighted by molar-refractivity contribution is 6.07. The number of hydrogen-bond donors (Lipinski definition) is 4. The molecule has 2 amide bonds. The molecule has 2 aliphatic carbocycles. The quantitative estimate of drug-likeness (QED) is 0.168. The number of hydrogen-bond acceptors (Lipinski definition) is 9. The zero-order chi connectivity index (χ0) is 38.2. The van der Waals surface area contributed by atoms with Gasteiger partial charge in [0.1, 0.15) is 11.3 Å². The summed E-state index contributed by atoms with van der Waals surface area (Å²) < 4.78 is 1.51. The first-order valence-corrected chi connectivity index (χ1v) is 18.0. The van der Waals surface area contributed by atoms with E-state index in [1.165, 1.54) is 4.57 Å². The maximum absolute atomic E-state index is 14.7. The average Bonchev–Trinajstić information content (AvgIpc) is 3.20. The number of aromatic nitrogens is 4. The fourth-order valence-electron chi connectivity index (χ4n) is 7.88. The molecule has 2 heterocycles. The normalized spacial score (nSPS) is 18.9. The van der Waals surface area contributed by atoms with Crippen molar-refractivity contribution in [1.29, 1.82) is 0 Å². The Labute approximate surface area is 316 Å². The Hall–Kier alpha value is -7.08. The highest BCUT2D eigenvalue weighted by Crippen LogP contribution is 2.42. The molecule has 0 radical (unpaired) electrons. The Morgan fingerprint density at radius 3 is 1.67 bits per heavy atom. The van der Waals surface area contributed by atoms with E-state index >= 15 is 0 Å². The molecule has 4 aromatic carbocycles. The van der Waals surface area contributed by atoms with Crippen LogP contribution in [-0.4, -0.2) is 44.4 Å². The van der Waals surface area contributed by atoms with Crippen LogP contribution >= 0.6 is 0 Å². The van der Waals surface area contributed by atoms with Gasteiger partial charge in [0.2, 0.25) is 0 Å². The van der Waals surface area contributed by atoms with Gasteiger partial charge in [-0.05, 0) is 42.3 Å². The number of Topliss-reactive ketones (excluding diaryl/α,β-unsaturated/α-hetero) is 2. The van der Waals surface area contributed by atoms with Gasteiger partial charge in [-0.15, -0.1) is 4.98 Å². The Bertz CT molecular complexity index is 2460. The lowest BCUT2D eigenvalue weighted by Crippen LogP contribution is -2.54. The number of nitrogens with zero attached hydrogens (tertiary/aromatic N) is 4. The molecule has 55 heavy (non-hydrogen) atoms. The molecule has 2 aromatic heterocycles. The average molecular weight is 730 g/mol. The first-order valence-electron chi connectivity index (χ1n) is 18.0. The van der Waals surface area contributed by atoms with Crippen molar-refractivity contribution in [3.63, 3.8) is 0 Å². The molecule has 0 fully saturated rings. The zero-order valence-corrected chi connectivity index (χ0v) is 29.8. The van der Waals surface area contributed by atoms with Crippen molar-refractivity contribution < 1.29 is 23.7 Å². The van der Waals surface area contributed by atoms with E-state index < -0.39 is 29.8 Å². The number of nitrogens with one attached hydrogen (secondary N) is 2. The van der Waals surface area contributed by atoms with Crippen LogP contribution in [0.4, 0.5) is 11.9 Å². The lowest BCUT2D eigenvalue weighted by molar-refractivity contribution is -0.596. The van der Waals surface area contributed by atoms with Crippen LogP contribution in [0.25, 0.3) is 5.82 Å². The Balaban J connectivity index is 1.30. The molecule has 6 N–H and O–H groups in total. The molecule has 12 nitrogen and oxygen atoms in total. The number of benzene rings is 4. The van der Waals surface area contributed by atoms with Crippen LogP contribution in [0.3, 0.4) is 0 Å². The number of carbonyl (C=O) groups excluding carboxylic acids is 4. The first-order chi connectivity index (χ1) is 26.7. The second kappa shape index (κ2) is 14.4. The van der Waals surface area contributed by atoms with Crippen molar-refractivity contribution in [1.82, 2.24) is 25.6 Å². The maximum Gasteiger partial charge on any atom is 0.349 e. The third kappa shape index (κ3) is 6.48. The second-order valence-electron chi connectivity index (χ2n) is 13.7. The number of amides is 2. The molecule has 0 saturated heterocycles. The van der Waals surface area contributed by atoms with Crippen molar-refractivity contribution in [2.24, 2.45) is 0 Å². The molecule has 12 heteroatoms. The summed E-state index contributed by atoms with van der Waals surface area (Å²) in [5, 5.41) is 6.14. The van der Waals surface area contributed by atoms with Gasteiger partial charge in [-0.25, -0.2) is 4.98 Å². The van der Waals surface area contributed by atoms with E-state index in [4.69, 9.17) is 11.5 Å². The largest absolute Gasteiger partial charge is 0.357 e. The number of carbonyl (C=O) groups is 4. The molecule has 0 spiro atoms. The van der Waals surface area contributed by atoms with E-state index in [1.54, 1.807) is 55.5 Å². The number of nitrogen functional groups attached to an aromatic ring is 2. The summed E-state index contributed by atoms with van der Waals surface area (Å²) in [6.07, 6.45) is 0.226. The van der Waals surface area contributed by atoms with Crippen LogP contribution in [-0.2, 0) is 6.42 Å². The molecule has 8 rings (SSSR count). The smallest absolute Gasteiger partial charge is 0.349 e. The van der Waals surface area contributed by atoms with Crippen LogP contribution in [0.5, 0.6) is 0 Å². The summed E-state index contributed by atoms with van der Waals surface area (Å²) in [6.45, 7) is 1.69. The number of rotatable bonds is 7. The van der Waals surface area contributed by atoms with E-state index in [2.05, 4.69) is 25.6 Å². The molecule has 0 saturated carbocycles. The van der Waals surface area contributed by atoms with Crippen molar-refractivity contribution in [2.45, 2.75) is 43.7 Å². The minimum atomic E-state index is -0.949. The van der Waals surface area contributed by atoms with Crippen LogP contribution in [0, 0.1) is 6.92 Å². The van der Waals surface area contributed by atoms with E-state index in [1.807, 2.05) is 72.8 Å². The Kier molecular flexibility index (Phi) is 9.15. The molecule has 2 aliphatic rings. The van der Waals surface area contributed by atoms with E-state index in [0.717, 1.165) is 11.1 Å². The van der Waals surface area contributed by atoms with Gasteiger partial charge >= 0.3 is 5.95 Å². The monoisotopic (exact) mass is 729 g/mol. The SMILES string of the molecule is Cc1nc(N)[n+](-c2nc(N)nc3c2C(=O)C[C@@H](c2ccccc2)[C@@H]3NC(=O)c2ccccc2)c2c1C(=O)[C@H](NC(=O)c1ccccc1)[C@@H](c1ccccc1)C2. The molecular weight excluding hydrogens is 693 g/mol. The third-order valence-corrected chi connectivity index (χ3v) is 10.4. The Morgan fingerprint density at radius 1 is 0.636 bits per heavy atom. The molecule has 272 valence electrons. The third-order valence-electron chi connectivity index (χ3n) is 10.4. The number of ketones is 2. The van der Waals surface area contributed by atoms with Gasteiger partial charge in [-0.3, -0.25) is 19.2 Å². The molecule has 0 unspecified atom stereocenters. The van der Waals surface area contributed by atoms with Crippen molar-refractivity contribution in [3.05, 3.63) is 172 Å². The van der Waals surface area contributed by atoms with Gasteiger partial charge in [0.15, 0.2) is 11.6 Å². The van der Waals surface area contributed by atoms with Crippen LogP contribution in [0.15, 0.2) is 121 Å². The predicted octanol–water partition coefficient (Wildman–Crippen LogP) is 4.78. The van der Waals surface area contributed by atoms with Crippen LogP contribution in [0.1, 0.15) is 93.9 Å². The summed E-state index contributed by atoms with van der Waals surface area (Å²) in [5.74, 6) is -2.54. The van der Waals surface area contributed by atoms with Crippen molar-refractivity contribution >= 4 is 35.3 Å². The topological polar surface area (TPSA) is 187 Å². The Morgan fingerprint density at radius 2 is 1.13 bits per heavy atom. The summed E-state index contributed by atoms with van der Waals surface area (Å²) in [7, 11) is 0. The van der Waals surface area contributed by atoms with Gasteiger partial charge in [0.25, 0.3) is 23.6 Å². The van der Waals surface area contributed by atoms with Gasteiger partial charge in [-0.1, -0.05) is 102 Å². The second-order valence-corrected chi connectivity index (χ2v) is 13.7. The summed E-state index contributed by atoms with van der Waals surface area (Å²) in [5.41, 5.74) is 17.1. The molecule has 4 atom stereocenters. The van der Waals surface area contributed by atoms with Crippen LogP contribution in [0.2, 0.25) is 0 Å². The van der Waals surface area contributed by atoms with Gasteiger partial charge in [-0.2, -0.15) is 4.57 Å². The lowest BCUT2D eigenvalue weighted by atomic mass is 9.76. The zero-order valence-electron chi connectivity index (χ0n) is 29.8. The summed E-state index contributed by atoms with van der Waals surface area (Å²) >= 11 is 0. The minimum Gasteiger partial charge on any atom is -0.357 e. The van der Waals surface area contributed by atoms with E-state index in [-0.39, 0.29) is 64.9 Å². The summed E-state index contributed by atoms with van der Waals surface area (Å²) in [6, 6.07) is 34.6. The molecule has 0 bridgehead atoms. The fourth-order valence-corrected chi connectivity index (χ4v) is 7.88. The summed E-state index contributed by atoms with van der Waals surface area (Å²) in [4.78, 5) is 70.2. The standard InChI is InChI=1S/C43H36N8O4/c1-24-33-31(22-29(25-14-6-2-7-15-25)36(38(33)53)48-41(55)28-20-12-5-13-21-28)51(43(45)46-24)39-34-32(52)23-30(26-16-8-3-9-17-26)35(37(34)49-42(44)50-39)47-40(54)27-18-10-4-11-19-27/h2-21,29-30,35-36,45H,22-23H2,1H3,(H4,44,47,48,49,50,52,54,55)/p+1/t29-,30+,35+,36-/m1/s1. The van der Waals surface area contributed by atoms with Gasteiger partial charge < -0.3 is 22.1 Å². The maximum atomic E-state index is 14.7. The number of aryl methyl sites for hydroxylation is 1. The van der Waals surface area contributed by atoms with Crippen molar-refractivity contribution in [3.8, 4) is 5.82 Å². The fraction of sp³-hybridized carbons (Fsp3) is 0.163. The van der Waals surface area contributed by atoms with E-state index in [0.29, 0.717) is 22.5 Å². The molecule has 0 aliphatic heterocycles. The first kappa shape index (κ1) is 35.0. The number of fused-ring (bicyclic) bond motifs is 2. The van der Waals surface area contributed by atoms with Crippen molar-refractivity contribution in [2.75, 3.05) is 11.5 Å².